The SMILES string of the molecule is C[C@@H]1Nc2ncnn2[C@H](c2cccnc2)[C@H]1C(=O)Nc1ccc(Cl)cc1. The van der Waals surface area contributed by atoms with Crippen molar-refractivity contribution < 1.29 is 4.79 Å². The molecule has 0 radical (unpaired) electrons. The molecule has 0 spiro atoms. The van der Waals surface area contributed by atoms with Crippen LogP contribution >= 0.6 is 11.6 Å². The van der Waals surface area contributed by atoms with Crippen molar-refractivity contribution in [2.45, 2.75) is 19.0 Å². The van der Waals surface area contributed by atoms with E-state index in [0.29, 0.717) is 16.7 Å². The fraction of sp³-hybridized carbons (Fsp3) is 0.222. The molecule has 0 fully saturated rings. The van der Waals surface area contributed by atoms with Crippen LogP contribution < -0.4 is 10.6 Å². The number of nitrogens with zero attached hydrogens (tertiary/aromatic N) is 4. The van der Waals surface area contributed by atoms with E-state index in [9.17, 15) is 4.79 Å². The number of rotatable bonds is 3. The molecule has 1 amide bonds. The van der Waals surface area contributed by atoms with Crippen LogP contribution in [0.1, 0.15) is 18.5 Å². The molecule has 2 aromatic heterocycles. The number of aromatic nitrogens is 4. The van der Waals surface area contributed by atoms with Gasteiger partial charge in [0.25, 0.3) is 0 Å². The van der Waals surface area contributed by atoms with Gasteiger partial charge >= 0.3 is 0 Å². The predicted molar refractivity (Wildman–Crippen MR) is 99.1 cm³/mol. The molecule has 3 heterocycles. The lowest BCUT2D eigenvalue weighted by Crippen LogP contribution is -2.46. The van der Waals surface area contributed by atoms with Crippen LogP contribution in [0.15, 0.2) is 55.1 Å². The van der Waals surface area contributed by atoms with Gasteiger partial charge in [0, 0.05) is 29.1 Å². The van der Waals surface area contributed by atoms with Gasteiger partial charge in [0.1, 0.15) is 6.33 Å². The Morgan fingerprint density at radius 1 is 1.27 bits per heavy atom. The van der Waals surface area contributed by atoms with E-state index in [4.69, 9.17) is 11.6 Å². The van der Waals surface area contributed by atoms with Crippen LogP contribution in [0.4, 0.5) is 11.6 Å². The summed E-state index contributed by atoms with van der Waals surface area (Å²) in [6.45, 7) is 1.97. The lowest BCUT2D eigenvalue weighted by atomic mass is 9.86. The summed E-state index contributed by atoms with van der Waals surface area (Å²) in [6, 6.07) is 10.4. The topological polar surface area (TPSA) is 84.7 Å². The highest BCUT2D eigenvalue weighted by Crippen LogP contribution is 2.36. The summed E-state index contributed by atoms with van der Waals surface area (Å²) in [5, 5.41) is 11.2. The van der Waals surface area contributed by atoms with Crippen molar-refractivity contribution >= 4 is 29.1 Å². The van der Waals surface area contributed by atoms with Gasteiger partial charge in [0.2, 0.25) is 11.9 Å². The number of hydrogen-bond donors (Lipinski definition) is 2. The quantitative estimate of drug-likeness (QED) is 0.742. The lowest BCUT2D eigenvalue weighted by Gasteiger charge is -2.36. The Morgan fingerprint density at radius 3 is 2.81 bits per heavy atom. The van der Waals surface area contributed by atoms with Crippen molar-refractivity contribution in [2.24, 2.45) is 5.92 Å². The minimum atomic E-state index is -0.399. The molecule has 0 saturated heterocycles. The number of nitrogens with one attached hydrogen (secondary N) is 2. The first-order valence-electron chi connectivity index (χ1n) is 8.26. The van der Waals surface area contributed by atoms with Crippen molar-refractivity contribution in [2.75, 3.05) is 10.6 Å². The first-order chi connectivity index (χ1) is 12.6. The summed E-state index contributed by atoms with van der Waals surface area (Å²) in [5.74, 6) is 0.133. The molecule has 0 unspecified atom stereocenters. The molecule has 0 aliphatic carbocycles. The van der Waals surface area contributed by atoms with E-state index < -0.39 is 5.92 Å². The van der Waals surface area contributed by atoms with Crippen LogP contribution in [-0.4, -0.2) is 31.7 Å². The molecule has 1 aliphatic heterocycles. The molecular weight excluding hydrogens is 352 g/mol. The molecule has 1 aromatic carbocycles. The van der Waals surface area contributed by atoms with Crippen molar-refractivity contribution in [3.05, 3.63) is 65.7 Å². The Hall–Kier alpha value is -2.93. The summed E-state index contributed by atoms with van der Waals surface area (Å²) < 4.78 is 1.74. The van der Waals surface area contributed by atoms with Crippen molar-refractivity contribution in [1.29, 1.82) is 0 Å². The summed E-state index contributed by atoms with van der Waals surface area (Å²) in [6.07, 6.45) is 4.95. The second-order valence-corrected chi connectivity index (χ2v) is 6.65. The Kier molecular flexibility index (Phi) is 4.30. The molecule has 3 atom stereocenters. The maximum atomic E-state index is 13.1. The van der Waals surface area contributed by atoms with Gasteiger partial charge in [-0.2, -0.15) is 10.1 Å². The molecule has 0 bridgehead atoms. The Balaban J connectivity index is 1.70. The fourth-order valence-electron chi connectivity index (χ4n) is 3.30. The van der Waals surface area contributed by atoms with Gasteiger partial charge in [-0.25, -0.2) is 4.68 Å². The zero-order valence-corrected chi connectivity index (χ0v) is 14.8. The van der Waals surface area contributed by atoms with Gasteiger partial charge in [0.15, 0.2) is 0 Å². The third-order valence-electron chi connectivity index (χ3n) is 4.51. The zero-order chi connectivity index (χ0) is 18.1. The van der Waals surface area contributed by atoms with Crippen LogP contribution in [0.5, 0.6) is 0 Å². The highest BCUT2D eigenvalue weighted by Gasteiger charge is 2.41. The normalized spacial score (nSPS) is 21.5. The number of benzene rings is 1. The van der Waals surface area contributed by atoms with E-state index in [1.54, 1.807) is 41.3 Å². The van der Waals surface area contributed by atoms with Crippen LogP contribution in [0.2, 0.25) is 5.02 Å². The maximum Gasteiger partial charge on any atom is 0.232 e. The van der Waals surface area contributed by atoms with Gasteiger partial charge in [-0.05, 0) is 42.8 Å². The molecule has 7 nitrogen and oxygen atoms in total. The van der Waals surface area contributed by atoms with Crippen molar-refractivity contribution in [3.8, 4) is 0 Å². The Bertz CT molecular complexity index is 911. The molecular formula is C18H17ClN6O. The standard InChI is InChI=1S/C18H17ClN6O/c1-11-15(17(26)24-14-6-4-13(19)5-7-14)16(12-3-2-8-20-9-12)25-18(23-11)21-10-22-25/h2-11,15-16H,1H3,(H,24,26)(H,21,22,23)/t11-,15-,16+/m0/s1. The third kappa shape index (κ3) is 3.01. The second-order valence-electron chi connectivity index (χ2n) is 6.21. The third-order valence-corrected chi connectivity index (χ3v) is 4.76. The Morgan fingerprint density at radius 2 is 2.08 bits per heavy atom. The van der Waals surface area contributed by atoms with E-state index in [1.165, 1.54) is 6.33 Å². The zero-order valence-electron chi connectivity index (χ0n) is 14.0. The van der Waals surface area contributed by atoms with Crippen LogP contribution in [0.3, 0.4) is 0 Å². The smallest absolute Gasteiger partial charge is 0.232 e. The van der Waals surface area contributed by atoms with Gasteiger partial charge in [-0.15, -0.1) is 0 Å². The summed E-state index contributed by atoms with van der Waals surface area (Å²) in [4.78, 5) is 21.6. The van der Waals surface area contributed by atoms with E-state index in [0.717, 1.165) is 5.56 Å². The van der Waals surface area contributed by atoms with Crippen molar-refractivity contribution in [3.63, 3.8) is 0 Å². The number of hydrogen-bond acceptors (Lipinski definition) is 5. The highest BCUT2D eigenvalue weighted by atomic mass is 35.5. The first kappa shape index (κ1) is 16.5. The fourth-order valence-corrected chi connectivity index (χ4v) is 3.43. The number of fused-ring (bicyclic) bond motifs is 1. The second kappa shape index (κ2) is 6.76. The van der Waals surface area contributed by atoms with E-state index >= 15 is 0 Å². The van der Waals surface area contributed by atoms with Gasteiger partial charge in [-0.1, -0.05) is 17.7 Å². The molecule has 3 aromatic rings. The Labute approximate surface area is 155 Å². The summed E-state index contributed by atoms with van der Waals surface area (Å²) >= 11 is 5.92. The number of amides is 1. The first-order valence-corrected chi connectivity index (χ1v) is 8.63. The average Bonchev–Trinajstić information content (AvgIpc) is 3.11. The molecule has 26 heavy (non-hydrogen) atoms. The van der Waals surface area contributed by atoms with Crippen LogP contribution in [0, 0.1) is 5.92 Å². The van der Waals surface area contributed by atoms with Crippen molar-refractivity contribution in [1.82, 2.24) is 19.7 Å². The average molecular weight is 369 g/mol. The summed E-state index contributed by atoms with van der Waals surface area (Å²) in [7, 11) is 0. The van der Waals surface area contributed by atoms with Gasteiger partial charge in [0.05, 0.1) is 12.0 Å². The monoisotopic (exact) mass is 368 g/mol. The van der Waals surface area contributed by atoms with Crippen LogP contribution in [0.25, 0.3) is 0 Å². The van der Waals surface area contributed by atoms with E-state index in [-0.39, 0.29) is 18.0 Å². The lowest BCUT2D eigenvalue weighted by molar-refractivity contribution is -0.121. The molecule has 132 valence electrons. The predicted octanol–water partition coefficient (Wildman–Crippen LogP) is 2.98. The van der Waals surface area contributed by atoms with Gasteiger partial charge in [-0.3, -0.25) is 9.78 Å². The maximum absolute atomic E-state index is 13.1. The molecule has 4 rings (SSSR count). The van der Waals surface area contributed by atoms with Crippen LogP contribution in [-0.2, 0) is 4.79 Å². The highest BCUT2D eigenvalue weighted by molar-refractivity contribution is 6.30. The van der Waals surface area contributed by atoms with E-state index in [2.05, 4.69) is 25.7 Å². The molecule has 0 saturated carbocycles. The molecule has 1 aliphatic rings. The number of carbonyl (C=O) groups is 1. The summed E-state index contributed by atoms with van der Waals surface area (Å²) in [5.41, 5.74) is 1.60. The van der Waals surface area contributed by atoms with Gasteiger partial charge < -0.3 is 10.6 Å². The minimum Gasteiger partial charge on any atom is -0.351 e. The number of carbonyl (C=O) groups excluding carboxylic acids is 1. The minimum absolute atomic E-state index is 0.109. The molecule has 8 heteroatoms. The number of anilines is 2. The number of halogens is 1. The number of pyridine rings is 1. The molecule has 2 N–H and O–H groups in total. The largest absolute Gasteiger partial charge is 0.351 e. The van der Waals surface area contributed by atoms with E-state index in [1.807, 2.05) is 19.1 Å².